The number of halogens is 5. The van der Waals surface area contributed by atoms with E-state index in [1.54, 1.807) is 31.0 Å². The average molecular weight is 1010 g/mol. The third-order valence-corrected chi connectivity index (χ3v) is 11.8. The average Bonchev–Trinajstić information content (AvgIpc) is 3.94. The Hall–Kier alpha value is -7.54. The van der Waals surface area contributed by atoms with Gasteiger partial charge < -0.3 is 10.0 Å². The maximum atomic E-state index is 13.7. The van der Waals surface area contributed by atoms with Gasteiger partial charge in [0, 0.05) is 89.8 Å². The van der Waals surface area contributed by atoms with Gasteiger partial charge >= 0.3 is 7.12 Å². The second-order valence-corrected chi connectivity index (χ2v) is 17.3. The maximum Gasteiger partial charge on any atom is 0.488 e. The Balaban J connectivity index is 0.000000158. The van der Waals surface area contributed by atoms with E-state index in [0.29, 0.717) is 29.4 Å². The summed E-state index contributed by atoms with van der Waals surface area (Å²) in [6.07, 6.45) is 21.2. The van der Waals surface area contributed by atoms with Gasteiger partial charge in [-0.2, -0.15) is 0 Å². The first-order valence-electron chi connectivity index (χ1n) is 22.0. The summed E-state index contributed by atoms with van der Waals surface area (Å²) in [5.74, 6) is -2.90. The Morgan fingerprint density at radius 1 is 0.486 bits per heavy atom. The first-order chi connectivity index (χ1) is 33.7. The molecule has 0 unspecified atom stereocenters. The lowest BCUT2D eigenvalue weighted by Crippen LogP contribution is -2.30. The molecule has 0 spiro atoms. The summed E-state index contributed by atoms with van der Waals surface area (Å²) in [6, 6.07) is 18.2. The smallest absolute Gasteiger partial charge is 0.423 e. The van der Waals surface area contributed by atoms with E-state index in [1.807, 2.05) is 71.8 Å². The van der Waals surface area contributed by atoms with E-state index in [4.69, 9.17) is 15.0 Å². The molecule has 8 heterocycles. The third-order valence-electron chi connectivity index (χ3n) is 11.2. The predicted molar refractivity (Wildman–Crippen MR) is 264 cm³/mol. The van der Waals surface area contributed by atoms with E-state index in [-0.39, 0.29) is 5.46 Å². The molecule has 0 radical (unpaired) electrons. The van der Waals surface area contributed by atoms with Crippen LogP contribution in [0, 0.1) is 51.0 Å². The fourth-order valence-electron chi connectivity index (χ4n) is 7.96. The van der Waals surface area contributed by atoms with Gasteiger partial charge in [-0.15, -0.1) is 0 Å². The fraction of sp³-hybridized carbons (Fsp3) is 0.154. The lowest BCUT2D eigenvalue weighted by atomic mass is 9.80. The molecule has 18 heteroatoms. The number of hydrogen-bond acceptors (Lipinski definition) is 10. The predicted octanol–water partition coefficient (Wildman–Crippen LogP) is 9.53. The van der Waals surface area contributed by atoms with Gasteiger partial charge in [0.1, 0.15) is 27.9 Å². The molecule has 0 aliphatic carbocycles. The van der Waals surface area contributed by atoms with Crippen LogP contribution in [0.1, 0.15) is 45.0 Å². The van der Waals surface area contributed by atoms with Gasteiger partial charge in [0.25, 0.3) is 0 Å². The lowest BCUT2D eigenvalue weighted by Gasteiger charge is -2.09. The zero-order valence-corrected chi connectivity index (χ0v) is 39.9. The number of nitrogens with zero attached hydrogens (tertiary/aromatic N) is 10. The molecule has 0 aliphatic rings. The van der Waals surface area contributed by atoms with Crippen molar-refractivity contribution in [3.63, 3.8) is 0 Å². The van der Waals surface area contributed by atoms with Crippen LogP contribution in [0.3, 0.4) is 0 Å². The minimum atomic E-state index is -1.83. The summed E-state index contributed by atoms with van der Waals surface area (Å²) in [4.78, 5) is 35.8. The van der Waals surface area contributed by atoms with E-state index in [2.05, 4.69) is 82.9 Å². The number of aryl methyl sites for hydroxylation is 8. The SMILES string of the molecule is Cc1cc(-c2ncc(CCc3nccn4c(-c5cc(F)cc(F)c5)cnc34)cc2C)ccn1.Cc1cc(-c2ncc(CCc3nccn4c(Br)cnc34)cc2C)ccn1.OB(O)c1cc(F)cc(F)c1. The van der Waals surface area contributed by atoms with E-state index in [9.17, 15) is 17.6 Å². The molecule has 352 valence electrons. The Morgan fingerprint density at radius 2 is 0.957 bits per heavy atom. The summed E-state index contributed by atoms with van der Waals surface area (Å²) >= 11 is 3.50. The summed E-state index contributed by atoms with van der Waals surface area (Å²) in [5.41, 5.74) is 14.9. The largest absolute Gasteiger partial charge is 0.488 e. The normalized spacial score (nSPS) is 11.0. The van der Waals surface area contributed by atoms with Gasteiger partial charge in [0.15, 0.2) is 11.3 Å². The molecule has 0 amide bonds. The first-order valence-corrected chi connectivity index (χ1v) is 22.8. The molecule has 0 saturated carbocycles. The molecule has 12 nitrogen and oxygen atoms in total. The number of rotatable bonds is 10. The standard InChI is InChI=1S/C26H21F2N5.C20H18BrN5.C6H5BF2O2/c1-16-9-18(14-31-25(16)19-5-6-29-17(2)10-19)3-4-23-26-32-15-24(33(26)8-7-30-23)20-11-21(27)13-22(28)12-20;1-13-9-15(11-24-19(13)16-5-6-22-14(2)10-16)3-4-17-20-25-12-18(21)26(20)8-7-23-17;8-5-1-4(7(10)11)2-6(9)3-5/h5-15H,3-4H2,1-2H3;5-12H,3-4H2,1-2H3;1-3,10-11H. The Morgan fingerprint density at radius 3 is 1.44 bits per heavy atom. The zero-order valence-electron chi connectivity index (χ0n) is 38.4. The van der Waals surface area contributed by atoms with Crippen LogP contribution in [0.5, 0.6) is 0 Å². The van der Waals surface area contributed by atoms with Gasteiger partial charge in [-0.3, -0.25) is 38.7 Å². The molecule has 8 aromatic heterocycles. The van der Waals surface area contributed by atoms with Crippen molar-refractivity contribution in [3.05, 3.63) is 208 Å². The number of imidazole rings is 2. The van der Waals surface area contributed by atoms with Crippen molar-refractivity contribution in [1.82, 2.24) is 48.7 Å². The Kier molecular flexibility index (Phi) is 15.2. The van der Waals surface area contributed by atoms with E-state index >= 15 is 0 Å². The van der Waals surface area contributed by atoms with Gasteiger partial charge in [0.05, 0.1) is 40.9 Å². The van der Waals surface area contributed by atoms with Crippen LogP contribution in [-0.4, -0.2) is 65.8 Å². The number of fused-ring (bicyclic) bond motifs is 2. The van der Waals surface area contributed by atoms with Crippen molar-refractivity contribution >= 4 is 39.8 Å². The molecule has 0 aliphatic heterocycles. The van der Waals surface area contributed by atoms with E-state index in [1.165, 1.54) is 23.3 Å². The number of hydrogen-bond donors (Lipinski definition) is 2. The third kappa shape index (κ3) is 11.8. The van der Waals surface area contributed by atoms with Gasteiger partial charge in [-0.1, -0.05) is 12.1 Å². The van der Waals surface area contributed by atoms with Crippen LogP contribution >= 0.6 is 15.9 Å². The van der Waals surface area contributed by atoms with Gasteiger partial charge in [0.2, 0.25) is 0 Å². The van der Waals surface area contributed by atoms with Crippen LogP contribution < -0.4 is 5.46 Å². The van der Waals surface area contributed by atoms with Crippen molar-refractivity contribution < 1.29 is 27.6 Å². The van der Waals surface area contributed by atoms with Crippen LogP contribution in [0.15, 0.2) is 139 Å². The van der Waals surface area contributed by atoms with Crippen molar-refractivity contribution in [2.75, 3.05) is 0 Å². The topological polar surface area (TPSA) is 152 Å². The van der Waals surface area contributed by atoms with E-state index in [0.717, 1.165) is 104 Å². The minimum absolute atomic E-state index is 0.192. The van der Waals surface area contributed by atoms with E-state index < -0.39 is 30.4 Å². The summed E-state index contributed by atoms with van der Waals surface area (Å²) in [6.45, 7) is 8.12. The van der Waals surface area contributed by atoms with Gasteiger partial charge in [-0.25, -0.2) is 27.5 Å². The highest BCUT2D eigenvalue weighted by molar-refractivity contribution is 9.10. The summed E-state index contributed by atoms with van der Waals surface area (Å²) in [7, 11) is -1.83. The molecule has 10 rings (SSSR count). The van der Waals surface area contributed by atoms with Crippen LogP contribution in [0.25, 0.3) is 45.1 Å². The zero-order chi connectivity index (χ0) is 49.5. The summed E-state index contributed by atoms with van der Waals surface area (Å²) in [5, 5.41) is 17.0. The second kappa shape index (κ2) is 21.8. The molecule has 0 fully saturated rings. The monoisotopic (exact) mass is 1010 g/mol. The quantitative estimate of drug-likeness (QED) is 0.100. The van der Waals surface area contributed by atoms with Crippen LogP contribution in [0.2, 0.25) is 0 Å². The molecule has 2 aromatic carbocycles. The highest BCUT2D eigenvalue weighted by Crippen LogP contribution is 2.27. The molecule has 10 aromatic rings. The molecule has 2 N–H and O–H groups in total. The van der Waals surface area contributed by atoms with Crippen molar-refractivity contribution in [2.24, 2.45) is 0 Å². The van der Waals surface area contributed by atoms with Crippen molar-refractivity contribution in [1.29, 1.82) is 0 Å². The summed E-state index contributed by atoms with van der Waals surface area (Å²) < 4.78 is 56.8. The van der Waals surface area contributed by atoms with Gasteiger partial charge in [-0.05, 0) is 146 Å². The number of benzene rings is 2. The number of aromatic nitrogens is 10. The van der Waals surface area contributed by atoms with Crippen LogP contribution in [0.4, 0.5) is 17.6 Å². The fourth-order valence-corrected chi connectivity index (χ4v) is 8.35. The Labute approximate surface area is 409 Å². The van der Waals surface area contributed by atoms with Crippen molar-refractivity contribution in [2.45, 2.75) is 53.4 Å². The molecule has 0 bridgehead atoms. The molecular formula is C52H44BBrF4N10O2. The number of pyridine rings is 4. The molecule has 0 saturated heterocycles. The Bertz CT molecular complexity index is 3440. The highest BCUT2D eigenvalue weighted by Gasteiger charge is 2.15. The maximum absolute atomic E-state index is 13.7. The van der Waals surface area contributed by atoms with Crippen molar-refractivity contribution in [3.8, 4) is 33.8 Å². The lowest BCUT2D eigenvalue weighted by molar-refractivity contribution is 0.425. The molecular weight excluding hydrogens is 963 g/mol. The highest BCUT2D eigenvalue weighted by atomic mass is 79.9. The minimum Gasteiger partial charge on any atom is -0.423 e. The molecule has 0 atom stereocenters. The second-order valence-electron chi connectivity index (χ2n) is 16.5. The first kappa shape index (κ1) is 48.9. The van der Waals surface area contributed by atoms with Crippen LogP contribution in [-0.2, 0) is 25.7 Å². The molecule has 70 heavy (non-hydrogen) atoms.